The molecule has 0 unspecified atom stereocenters. The lowest BCUT2D eigenvalue weighted by atomic mass is 10.0. The number of halogens is 2. The standard InChI is InChI=1S/C20H22F2N2O2/c21-17-6-4-15(5-7-17)8-9-23-20(25)19(24-10-12-26-13-11-24)16-2-1-3-18(22)14-16/h1-7,14,19H,8-13H2,(H,23,25)/t19-/m0/s1. The minimum atomic E-state index is -0.553. The first-order chi connectivity index (χ1) is 12.6. The summed E-state index contributed by atoms with van der Waals surface area (Å²) in [6.07, 6.45) is 0.602. The number of nitrogens with zero attached hydrogens (tertiary/aromatic N) is 1. The van der Waals surface area contributed by atoms with Gasteiger partial charge in [-0.2, -0.15) is 0 Å². The zero-order valence-corrected chi connectivity index (χ0v) is 14.5. The molecule has 1 fully saturated rings. The van der Waals surface area contributed by atoms with E-state index in [1.54, 1.807) is 24.3 Å². The monoisotopic (exact) mass is 360 g/mol. The Morgan fingerprint density at radius 1 is 1.08 bits per heavy atom. The van der Waals surface area contributed by atoms with Gasteiger partial charge in [-0.3, -0.25) is 9.69 Å². The fourth-order valence-corrected chi connectivity index (χ4v) is 3.12. The first-order valence-electron chi connectivity index (χ1n) is 8.73. The van der Waals surface area contributed by atoms with Gasteiger partial charge < -0.3 is 10.1 Å². The highest BCUT2D eigenvalue weighted by Crippen LogP contribution is 2.23. The second-order valence-electron chi connectivity index (χ2n) is 6.27. The van der Waals surface area contributed by atoms with Gasteiger partial charge in [-0.25, -0.2) is 8.78 Å². The molecule has 0 radical (unpaired) electrons. The van der Waals surface area contributed by atoms with Gasteiger partial charge in [0.2, 0.25) is 5.91 Å². The summed E-state index contributed by atoms with van der Waals surface area (Å²) in [7, 11) is 0. The number of nitrogens with one attached hydrogen (secondary N) is 1. The Morgan fingerprint density at radius 2 is 1.81 bits per heavy atom. The van der Waals surface area contributed by atoms with E-state index in [-0.39, 0.29) is 17.5 Å². The van der Waals surface area contributed by atoms with E-state index in [0.717, 1.165) is 5.56 Å². The average molecular weight is 360 g/mol. The molecule has 1 aliphatic heterocycles. The number of carbonyl (C=O) groups excluding carboxylic acids is 1. The first kappa shape index (κ1) is 18.5. The van der Waals surface area contributed by atoms with E-state index in [1.165, 1.54) is 24.3 Å². The van der Waals surface area contributed by atoms with Gasteiger partial charge >= 0.3 is 0 Å². The smallest absolute Gasteiger partial charge is 0.241 e. The number of hydrogen-bond acceptors (Lipinski definition) is 3. The van der Waals surface area contributed by atoms with Crippen LogP contribution in [0.4, 0.5) is 8.78 Å². The van der Waals surface area contributed by atoms with Crippen molar-refractivity contribution >= 4 is 5.91 Å². The molecule has 2 aromatic rings. The second kappa shape index (κ2) is 8.87. The van der Waals surface area contributed by atoms with Gasteiger partial charge in [0.25, 0.3) is 0 Å². The molecule has 0 bridgehead atoms. The maximum Gasteiger partial charge on any atom is 0.241 e. The number of morpholine rings is 1. The second-order valence-corrected chi connectivity index (χ2v) is 6.27. The number of rotatable bonds is 6. The van der Waals surface area contributed by atoms with Crippen molar-refractivity contribution in [2.45, 2.75) is 12.5 Å². The Labute approximate surface area is 151 Å². The first-order valence-corrected chi connectivity index (χ1v) is 8.73. The van der Waals surface area contributed by atoms with Crippen molar-refractivity contribution < 1.29 is 18.3 Å². The molecule has 0 aliphatic carbocycles. The van der Waals surface area contributed by atoms with E-state index in [1.807, 2.05) is 4.90 Å². The van der Waals surface area contributed by atoms with Crippen LogP contribution in [0.5, 0.6) is 0 Å². The Kier molecular flexibility index (Phi) is 6.30. The van der Waals surface area contributed by atoms with Crippen LogP contribution in [0.25, 0.3) is 0 Å². The van der Waals surface area contributed by atoms with E-state index in [9.17, 15) is 13.6 Å². The number of amides is 1. The van der Waals surface area contributed by atoms with Gasteiger partial charge in [0.05, 0.1) is 13.2 Å². The molecule has 2 aromatic carbocycles. The summed E-state index contributed by atoms with van der Waals surface area (Å²) in [6.45, 7) is 2.77. The van der Waals surface area contributed by atoms with Crippen LogP contribution in [0.3, 0.4) is 0 Å². The summed E-state index contributed by atoms with van der Waals surface area (Å²) in [6, 6.07) is 11.8. The molecule has 138 valence electrons. The zero-order chi connectivity index (χ0) is 18.4. The molecule has 1 heterocycles. The van der Waals surface area contributed by atoms with E-state index >= 15 is 0 Å². The van der Waals surface area contributed by atoms with Crippen molar-refractivity contribution in [3.05, 3.63) is 71.3 Å². The maximum atomic E-state index is 13.7. The van der Waals surface area contributed by atoms with Crippen LogP contribution in [0.2, 0.25) is 0 Å². The molecule has 6 heteroatoms. The van der Waals surface area contributed by atoms with Crippen LogP contribution >= 0.6 is 0 Å². The molecule has 1 amide bonds. The fourth-order valence-electron chi connectivity index (χ4n) is 3.12. The normalized spacial score (nSPS) is 16.2. The number of carbonyl (C=O) groups is 1. The van der Waals surface area contributed by atoms with Crippen LogP contribution in [0.15, 0.2) is 48.5 Å². The highest BCUT2D eigenvalue weighted by Gasteiger charge is 2.29. The lowest BCUT2D eigenvalue weighted by Gasteiger charge is -2.33. The van der Waals surface area contributed by atoms with Crippen LogP contribution in [0, 0.1) is 11.6 Å². The Balaban J connectivity index is 1.67. The van der Waals surface area contributed by atoms with Crippen molar-refractivity contribution in [2.24, 2.45) is 0 Å². The van der Waals surface area contributed by atoms with Gasteiger partial charge in [-0.1, -0.05) is 24.3 Å². The quantitative estimate of drug-likeness (QED) is 0.861. The van der Waals surface area contributed by atoms with Crippen molar-refractivity contribution in [3.63, 3.8) is 0 Å². The molecule has 0 saturated carbocycles. The minimum absolute atomic E-state index is 0.167. The maximum absolute atomic E-state index is 13.7. The molecule has 0 spiro atoms. The molecule has 1 aliphatic rings. The van der Waals surface area contributed by atoms with E-state index in [4.69, 9.17) is 4.74 Å². The van der Waals surface area contributed by atoms with E-state index in [0.29, 0.717) is 44.8 Å². The van der Waals surface area contributed by atoms with Gasteiger partial charge in [0.1, 0.15) is 17.7 Å². The lowest BCUT2D eigenvalue weighted by Crippen LogP contribution is -2.46. The van der Waals surface area contributed by atoms with Crippen molar-refractivity contribution in [1.29, 1.82) is 0 Å². The predicted molar refractivity (Wildman–Crippen MR) is 94.6 cm³/mol. The molecular formula is C20H22F2N2O2. The molecule has 0 aromatic heterocycles. The van der Waals surface area contributed by atoms with E-state index in [2.05, 4.69) is 5.32 Å². The Hall–Kier alpha value is -2.31. The SMILES string of the molecule is O=C(NCCc1ccc(F)cc1)[C@H](c1cccc(F)c1)N1CCOCC1. The molecule has 1 atom stereocenters. The highest BCUT2D eigenvalue weighted by molar-refractivity contribution is 5.83. The molecule has 1 N–H and O–H groups in total. The van der Waals surface area contributed by atoms with Crippen molar-refractivity contribution in [1.82, 2.24) is 10.2 Å². The van der Waals surface area contributed by atoms with Crippen molar-refractivity contribution in [2.75, 3.05) is 32.8 Å². The number of hydrogen-bond donors (Lipinski definition) is 1. The summed E-state index contributed by atoms with van der Waals surface area (Å²) in [4.78, 5) is 14.8. The summed E-state index contributed by atoms with van der Waals surface area (Å²) >= 11 is 0. The molecule has 26 heavy (non-hydrogen) atoms. The zero-order valence-electron chi connectivity index (χ0n) is 14.5. The fraction of sp³-hybridized carbons (Fsp3) is 0.350. The summed E-state index contributed by atoms with van der Waals surface area (Å²) < 4.78 is 32.0. The van der Waals surface area contributed by atoms with Crippen LogP contribution < -0.4 is 5.32 Å². The largest absolute Gasteiger partial charge is 0.379 e. The van der Waals surface area contributed by atoms with Gasteiger partial charge in [0.15, 0.2) is 0 Å². The van der Waals surface area contributed by atoms with E-state index < -0.39 is 6.04 Å². The predicted octanol–water partition coefficient (Wildman–Crippen LogP) is 2.70. The van der Waals surface area contributed by atoms with Gasteiger partial charge in [0, 0.05) is 19.6 Å². The van der Waals surface area contributed by atoms with Crippen LogP contribution in [-0.2, 0) is 16.0 Å². The third-order valence-corrected chi connectivity index (χ3v) is 4.45. The number of benzene rings is 2. The van der Waals surface area contributed by atoms with Crippen LogP contribution in [-0.4, -0.2) is 43.7 Å². The molecule has 4 nitrogen and oxygen atoms in total. The van der Waals surface area contributed by atoms with Gasteiger partial charge in [-0.15, -0.1) is 0 Å². The number of ether oxygens (including phenoxy) is 1. The summed E-state index contributed by atoms with van der Waals surface area (Å²) in [5.74, 6) is -0.809. The minimum Gasteiger partial charge on any atom is -0.379 e. The third kappa shape index (κ3) is 4.86. The Morgan fingerprint density at radius 3 is 2.50 bits per heavy atom. The summed E-state index contributed by atoms with van der Waals surface area (Å²) in [5, 5.41) is 2.92. The Bertz CT molecular complexity index is 731. The lowest BCUT2D eigenvalue weighted by molar-refractivity contribution is -0.128. The average Bonchev–Trinajstić information content (AvgIpc) is 2.65. The van der Waals surface area contributed by atoms with Crippen molar-refractivity contribution in [3.8, 4) is 0 Å². The molecular weight excluding hydrogens is 338 g/mol. The third-order valence-electron chi connectivity index (χ3n) is 4.45. The molecule has 3 rings (SSSR count). The summed E-state index contributed by atoms with van der Waals surface area (Å²) in [5.41, 5.74) is 1.58. The highest BCUT2D eigenvalue weighted by atomic mass is 19.1. The molecule has 1 saturated heterocycles. The van der Waals surface area contributed by atoms with Crippen LogP contribution in [0.1, 0.15) is 17.2 Å². The topological polar surface area (TPSA) is 41.6 Å². The van der Waals surface area contributed by atoms with Gasteiger partial charge in [-0.05, 0) is 41.8 Å².